The number of carboxylic acid groups (broad SMARTS) is 1. The Morgan fingerprint density at radius 2 is 1.86 bits per heavy atom. The fourth-order valence-electron chi connectivity index (χ4n) is 4.36. The van der Waals surface area contributed by atoms with E-state index in [1.807, 2.05) is 0 Å². The zero-order chi connectivity index (χ0) is 26.9. The summed E-state index contributed by atoms with van der Waals surface area (Å²) < 4.78 is 48.0. The number of ether oxygens (including phenoxy) is 1. The first kappa shape index (κ1) is 26.5. The molecule has 0 amide bonds. The molecule has 0 spiro atoms. The Balaban J connectivity index is 1.74. The Morgan fingerprint density at radius 1 is 1.19 bits per heavy atom. The molecule has 10 heteroatoms. The van der Waals surface area contributed by atoms with Crippen molar-refractivity contribution in [3.63, 3.8) is 0 Å². The lowest BCUT2D eigenvalue weighted by molar-refractivity contribution is -0.614. The number of hydrogen-bond donors (Lipinski definition) is 1. The minimum Gasteiger partial charge on any atom is -0.618 e. The van der Waals surface area contributed by atoms with Gasteiger partial charge in [-0.1, -0.05) is 42.6 Å². The Labute approximate surface area is 215 Å². The van der Waals surface area contributed by atoms with E-state index in [2.05, 4.69) is 0 Å². The van der Waals surface area contributed by atoms with Gasteiger partial charge in [-0.05, 0) is 36.1 Å². The van der Waals surface area contributed by atoms with Gasteiger partial charge in [0, 0.05) is 17.5 Å². The number of benzene rings is 2. The number of Topliss-reactive ketones (excluding diaryl/α,β-unsaturated/α-hetero) is 1. The second kappa shape index (κ2) is 10.8. The highest BCUT2D eigenvalue weighted by molar-refractivity contribution is 6.31. The van der Waals surface area contributed by atoms with Crippen molar-refractivity contribution < 1.29 is 37.3 Å². The lowest BCUT2D eigenvalue weighted by atomic mass is 9.88. The van der Waals surface area contributed by atoms with Crippen molar-refractivity contribution >= 4 is 23.4 Å². The second-order valence-corrected chi connectivity index (χ2v) is 9.42. The van der Waals surface area contributed by atoms with Crippen LogP contribution in [0.4, 0.5) is 13.2 Å². The van der Waals surface area contributed by atoms with E-state index in [1.165, 1.54) is 37.4 Å². The van der Waals surface area contributed by atoms with Crippen LogP contribution in [-0.2, 0) is 11.2 Å². The fraction of sp³-hybridized carbons (Fsp3) is 0.296. The molecule has 0 aliphatic heterocycles. The van der Waals surface area contributed by atoms with Gasteiger partial charge in [0.2, 0.25) is 5.69 Å². The first-order chi connectivity index (χ1) is 17.6. The lowest BCUT2D eigenvalue weighted by Gasteiger charge is -2.19. The molecule has 194 valence electrons. The summed E-state index contributed by atoms with van der Waals surface area (Å²) in [5.41, 5.74) is -0.680. The van der Waals surface area contributed by atoms with Crippen LogP contribution < -0.4 is 9.47 Å². The number of carbonyl (C=O) groups is 2. The van der Waals surface area contributed by atoms with Gasteiger partial charge < -0.3 is 15.1 Å². The minimum atomic E-state index is -3.04. The molecular weight excluding hydrogens is 511 g/mol. The molecule has 37 heavy (non-hydrogen) atoms. The number of rotatable bonds is 10. The van der Waals surface area contributed by atoms with Gasteiger partial charge in [0.15, 0.2) is 12.0 Å². The number of ketones is 1. The molecule has 4 rings (SSSR count). The lowest BCUT2D eigenvalue weighted by Crippen LogP contribution is -2.36. The van der Waals surface area contributed by atoms with Gasteiger partial charge in [-0.3, -0.25) is 4.79 Å². The van der Waals surface area contributed by atoms with Crippen LogP contribution in [0.5, 0.6) is 5.75 Å². The highest BCUT2D eigenvalue weighted by atomic mass is 35.5. The number of methoxy groups -OCH3 is 1. The van der Waals surface area contributed by atoms with Gasteiger partial charge in [0.25, 0.3) is 6.43 Å². The average Bonchev–Trinajstić information content (AvgIpc) is 3.68. The molecule has 3 aromatic rings. The van der Waals surface area contributed by atoms with E-state index in [4.69, 9.17) is 21.4 Å². The largest absolute Gasteiger partial charge is 0.618 e. The Bertz CT molecular complexity index is 1340. The smallest absolute Gasteiger partial charge is 0.335 e. The predicted molar refractivity (Wildman–Crippen MR) is 130 cm³/mol. The van der Waals surface area contributed by atoms with Crippen molar-refractivity contribution in [2.75, 3.05) is 7.11 Å². The maximum Gasteiger partial charge on any atom is 0.335 e. The van der Waals surface area contributed by atoms with Crippen LogP contribution >= 0.6 is 11.6 Å². The summed E-state index contributed by atoms with van der Waals surface area (Å²) in [5, 5.41) is 21.9. The van der Waals surface area contributed by atoms with Gasteiger partial charge in [0.05, 0.1) is 29.3 Å². The van der Waals surface area contributed by atoms with Crippen molar-refractivity contribution in [2.24, 2.45) is 5.92 Å². The van der Waals surface area contributed by atoms with Crippen molar-refractivity contribution in [1.29, 1.82) is 0 Å². The maximum absolute atomic E-state index is 14.9. The van der Waals surface area contributed by atoms with E-state index in [0.29, 0.717) is 16.7 Å². The zero-order valence-corrected chi connectivity index (χ0v) is 20.5. The van der Waals surface area contributed by atoms with Gasteiger partial charge in [0.1, 0.15) is 17.5 Å². The van der Waals surface area contributed by atoms with Crippen LogP contribution in [-0.4, -0.2) is 24.0 Å². The molecule has 1 aromatic heterocycles. The van der Waals surface area contributed by atoms with Gasteiger partial charge in [-0.25, -0.2) is 18.0 Å². The summed E-state index contributed by atoms with van der Waals surface area (Å²) in [6.45, 7) is 0. The number of carbonyl (C=O) groups excluding carboxylic acids is 1. The summed E-state index contributed by atoms with van der Waals surface area (Å²) in [6.07, 6.45) is 0.0874. The third-order valence-electron chi connectivity index (χ3n) is 6.49. The van der Waals surface area contributed by atoms with Crippen LogP contribution in [0.3, 0.4) is 0 Å². The summed E-state index contributed by atoms with van der Waals surface area (Å²) >= 11 is 5.84. The minimum absolute atomic E-state index is 0.0419. The van der Waals surface area contributed by atoms with E-state index >= 15 is 0 Å². The molecule has 0 saturated heterocycles. The molecule has 1 aliphatic rings. The van der Waals surface area contributed by atoms with Crippen molar-refractivity contribution in [3.05, 3.63) is 87.1 Å². The number of alkyl halides is 2. The Kier molecular flexibility index (Phi) is 7.73. The first-order valence-corrected chi connectivity index (χ1v) is 11.9. The normalized spacial score (nSPS) is 14.0. The van der Waals surface area contributed by atoms with Crippen LogP contribution in [0.1, 0.15) is 58.8 Å². The number of carboxylic acids is 1. The number of pyridine rings is 1. The first-order valence-electron chi connectivity index (χ1n) is 11.5. The highest BCUT2D eigenvalue weighted by Crippen LogP contribution is 2.43. The third-order valence-corrected chi connectivity index (χ3v) is 6.78. The molecule has 1 unspecified atom stereocenters. The summed E-state index contributed by atoms with van der Waals surface area (Å²) in [5.74, 6) is -3.09. The van der Waals surface area contributed by atoms with Crippen molar-refractivity contribution in [2.45, 2.75) is 38.0 Å². The van der Waals surface area contributed by atoms with Gasteiger partial charge in [-0.15, -0.1) is 0 Å². The Hall–Kier alpha value is -3.59. The fourth-order valence-corrected chi connectivity index (χ4v) is 4.51. The molecule has 1 fully saturated rings. The van der Waals surface area contributed by atoms with Crippen molar-refractivity contribution in [1.82, 2.24) is 0 Å². The number of aromatic carboxylic acids is 1. The molecule has 1 aliphatic carbocycles. The third kappa shape index (κ3) is 5.72. The highest BCUT2D eigenvalue weighted by Gasteiger charge is 2.36. The quantitative estimate of drug-likeness (QED) is 0.250. The number of halogens is 4. The molecular formula is C27H23ClF3NO5. The topological polar surface area (TPSA) is 90.5 Å². The van der Waals surface area contributed by atoms with E-state index in [1.54, 1.807) is 0 Å². The van der Waals surface area contributed by atoms with E-state index in [0.717, 1.165) is 31.2 Å². The van der Waals surface area contributed by atoms with Crippen LogP contribution in [0, 0.1) is 16.9 Å². The SMILES string of the molecule is COc1cc(C(CC2CC2)C(=O)Cc2ccc(C(=O)O)cc2)[n+]([O-])cc1-c1c(C(F)F)ccc(Cl)c1F. The number of nitrogens with zero attached hydrogens (tertiary/aromatic N) is 1. The van der Waals surface area contributed by atoms with Gasteiger partial charge in [-0.2, -0.15) is 4.73 Å². The monoisotopic (exact) mass is 533 g/mol. The summed E-state index contributed by atoms with van der Waals surface area (Å²) in [7, 11) is 1.25. The zero-order valence-electron chi connectivity index (χ0n) is 19.7. The second-order valence-electron chi connectivity index (χ2n) is 9.01. The predicted octanol–water partition coefficient (Wildman–Crippen LogP) is 6.12. The standard InChI is InChI=1S/C27H23ClF3NO5/c1-37-23-12-21(32(36)13-19(23)24-17(26(30)31)8-9-20(28)25(24)29)18(10-14-2-3-14)22(33)11-15-4-6-16(7-5-15)27(34)35/h4-9,12-14,18,26H,2-3,10-11H2,1H3,(H,34,35). The molecule has 0 radical (unpaired) electrons. The molecule has 1 saturated carbocycles. The molecule has 1 N–H and O–H groups in total. The maximum atomic E-state index is 14.9. The van der Waals surface area contributed by atoms with Gasteiger partial charge >= 0.3 is 5.97 Å². The van der Waals surface area contributed by atoms with E-state index < -0.39 is 40.3 Å². The molecule has 6 nitrogen and oxygen atoms in total. The van der Waals surface area contributed by atoms with Crippen molar-refractivity contribution in [3.8, 4) is 16.9 Å². The van der Waals surface area contributed by atoms with Crippen LogP contribution in [0.2, 0.25) is 5.02 Å². The number of hydrogen-bond acceptors (Lipinski definition) is 4. The van der Waals surface area contributed by atoms with E-state index in [9.17, 15) is 28.0 Å². The Morgan fingerprint density at radius 3 is 2.43 bits per heavy atom. The molecule has 1 heterocycles. The van der Waals surface area contributed by atoms with Crippen LogP contribution in [0.15, 0.2) is 48.7 Å². The van der Waals surface area contributed by atoms with E-state index in [-0.39, 0.29) is 40.7 Å². The van der Waals surface area contributed by atoms with Crippen LogP contribution in [0.25, 0.3) is 11.1 Å². The molecule has 2 aromatic carbocycles. The molecule has 1 atom stereocenters. The number of aromatic nitrogens is 1. The molecule has 0 bridgehead atoms. The summed E-state index contributed by atoms with van der Waals surface area (Å²) in [6, 6.07) is 9.16. The average molecular weight is 534 g/mol. The summed E-state index contributed by atoms with van der Waals surface area (Å²) in [4.78, 5) is 24.5.